The van der Waals surface area contributed by atoms with Crippen LogP contribution in [0.5, 0.6) is 0 Å². The summed E-state index contributed by atoms with van der Waals surface area (Å²) in [6, 6.07) is 7.63. The first-order valence-corrected chi connectivity index (χ1v) is 18.7. The molecule has 1 heterocycles. The Hall–Kier alpha value is -3.32. The van der Waals surface area contributed by atoms with Crippen LogP contribution in [0.15, 0.2) is 30.3 Å². The highest BCUT2D eigenvalue weighted by atomic mass is 31.2. The molecule has 5 N–H and O–H groups in total. The van der Waals surface area contributed by atoms with E-state index in [1.807, 2.05) is 37.3 Å². The van der Waals surface area contributed by atoms with Gasteiger partial charge in [0.1, 0.15) is 24.5 Å². The highest BCUT2D eigenvalue weighted by Crippen LogP contribution is 2.49. The lowest BCUT2D eigenvalue weighted by atomic mass is 10.0. The summed E-state index contributed by atoms with van der Waals surface area (Å²) in [4.78, 5) is 74.4. The van der Waals surface area contributed by atoms with Gasteiger partial charge in [0.15, 0.2) is 6.10 Å². The molecule has 1 aromatic carbocycles. The Morgan fingerprint density at radius 3 is 2.38 bits per heavy atom. The van der Waals surface area contributed by atoms with Crippen LogP contribution in [0.2, 0.25) is 0 Å². The van der Waals surface area contributed by atoms with Crippen molar-refractivity contribution in [1.29, 1.82) is 0 Å². The average Bonchev–Trinajstić information content (AvgIpc) is 3.81. The van der Waals surface area contributed by atoms with Crippen molar-refractivity contribution in [2.75, 3.05) is 13.1 Å². The van der Waals surface area contributed by atoms with Gasteiger partial charge in [-0.3, -0.25) is 18.7 Å². The maximum absolute atomic E-state index is 13.6. The number of carbonyl (C=O) groups is 5. The molecule has 1 aliphatic heterocycles. The fraction of sp³-hybridized carbons (Fsp3) is 0.667. The average molecular weight is 695 g/mol. The number of amides is 3. The molecule has 1 aromatic rings. The molecule has 268 valence electrons. The van der Waals surface area contributed by atoms with Crippen molar-refractivity contribution >= 4 is 37.4 Å². The lowest BCUT2D eigenvalue weighted by Gasteiger charge is -2.28. The zero-order chi connectivity index (χ0) is 34.9. The normalized spacial score (nSPS) is 19.4. The fourth-order valence-corrected chi connectivity index (χ4v) is 7.13. The number of esters is 2. The summed E-state index contributed by atoms with van der Waals surface area (Å²) in [6.07, 6.45) is 4.77. The third kappa shape index (κ3) is 13.3. The second-order valence-corrected chi connectivity index (χ2v) is 14.4. The molecule has 2 fully saturated rings. The molecule has 48 heavy (non-hydrogen) atoms. The highest BCUT2D eigenvalue weighted by Gasteiger charge is 2.39. The Balaban J connectivity index is 1.57. The smallest absolute Gasteiger partial charge is 0.407 e. The predicted molar refractivity (Wildman–Crippen MR) is 176 cm³/mol. The van der Waals surface area contributed by atoms with Crippen LogP contribution in [0.3, 0.4) is 0 Å². The van der Waals surface area contributed by atoms with Crippen LogP contribution in [0.1, 0.15) is 96.5 Å². The van der Waals surface area contributed by atoms with E-state index in [2.05, 4.69) is 21.3 Å². The first-order valence-electron chi connectivity index (χ1n) is 17.0. The first-order chi connectivity index (χ1) is 23.0. The lowest BCUT2D eigenvalue weighted by Crippen LogP contribution is -2.51. The van der Waals surface area contributed by atoms with Crippen molar-refractivity contribution in [3.63, 3.8) is 0 Å². The molecular weight excluding hydrogens is 643 g/mol. The predicted octanol–water partition coefficient (Wildman–Crippen LogP) is 3.80. The molecule has 1 saturated carbocycles. The van der Waals surface area contributed by atoms with Crippen molar-refractivity contribution < 1.29 is 47.4 Å². The van der Waals surface area contributed by atoms with Gasteiger partial charge in [0, 0.05) is 12.5 Å². The number of hydrogen-bond donors (Lipinski definition) is 5. The van der Waals surface area contributed by atoms with E-state index in [4.69, 9.17) is 14.0 Å². The van der Waals surface area contributed by atoms with Crippen LogP contribution in [0, 0.1) is 5.92 Å². The van der Waals surface area contributed by atoms with E-state index < -0.39 is 55.5 Å². The van der Waals surface area contributed by atoms with E-state index in [0.717, 1.165) is 37.7 Å². The number of alkyl carbamates (subject to hydrolysis) is 1. The van der Waals surface area contributed by atoms with E-state index in [1.54, 1.807) is 0 Å². The number of rotatable bonds is 19. The molecule has 14 nitrogen and oxygen atoms in total. The van der Waals surface area contributed by atoms with Crippen LogP contribution in [-0.2, 0) is 44.3 Å². The molecule has 2 aliphatic rings. The van der Waals surface area contributed by atoms with Crippen LogP contribution >= 0.6 is 7.60 Å². The Bertz CT molecular complexity index is 1250. The van der Waals surface area contributed by atoms with E-state index in [1.165, 1.54) is 6.92 Å². The summed E-state index contributed by atoms with van der Waals surface area (Å²) >= 11 is 0. The molecule has 15 heteroatoms. The van der Waals surface area contributed by atoms with E-state index in [-0.39, 0.29) is 37.8 Å². The maximum Gasteiger partial charge on any atom is 0.407 e. The standard InChI is InChI=1S/C33H51N4O10P/c1-3-4-19-28(48(43,44)47-23(2)31(40)46-32(41)27-18-12-21-34-27)37-30(39)26(36-29(38)25-15-8-9-16-25)17-10-11-20-35-33(42)45-22-24-13-6-5-7-14-24/h5-7,13-14,23,25-28,34H,3-4,8-12,15-22H2,1-2H3,(H,35,42)(H,36,38)(H,37,39)(H,43,44)/t23?,26?,27-,28?/m0/s1. The van der Waals surface area contributed by atoms with Crippen molar-refractivity contribution in [3.05, 3.63) is 35.9 Å². The van der Waals surface area contributed by atoms with Crippen molar-refractivity contribution in [2.24, 2.45) is 5.92 Å². The topological polar surface area (TPSA) is 198 Å². The van der Waals surface area contributed by atoms with Gasteiger partial charge in [-0.1, -0.05) is 62.9 Å². The molecular formula is C33H51N4O10P. The summed E-state index contributed by atoms with van der Waals surface area (Å²) in [5.41, 5.74) is 0.857. The zero-order valence-electron chi connectivity index (χ0n) is 27.9. The van der Waals surface area contributed by atoms with Crippen molar-refractivity contribution in [2.45, 2.75) is 121 Å². The fourth-order valence-electron chi connectivity index (χ4n) is 5.65. The molecule has 1 aliphatic carbocycles. The van der Waals surface area contributed by atoms with Crippen molar-refractivity contribution in [3.8, 4) is 0 Å². The second kappa shape index (κ2) is 20.3. The second-order valence-electron chi connectivity index (χ2n) is 12.4. The highest BCUT2D eigenvalue weighted by molar-refractivity contribution is 7.53. The summed E-state index contributed by atoms with van der Waals surface area (Å²) < 4.78 is 28.8. The summed E-state index contributed by atoms with van der Waals surface area (Å²) in [7, 11) is -4.67. The number of unbranched alkanes of at least 4 members (excludes halogenated alkanes) is 2. The van der Waals surface area contributed by atoms with Gasteiger partial charge in [0.05, 0.1) is 0 Å². The maximum atomic E-state index is 13.6. The first kappa shape index (κ1) is 39.1. The Kier molecular flexibility index (Phi) is 16.5. The van der Waals surface area contributed by atoms with Gasteiger partial charge in [-0.05, 0) is 70.4 Å². The Labute approximate surface area is 282 Å². The molecule has 0 aromatic heterocycles. The number of ether oxygens (including phenoxy) is 2. The molecule has 3 amide bonds. The summed E-state index contributed by atoms with van der Waals surface area (Å²) in [5.74, 6) is -4.38. The van der Waals surface area contributed by atoms with Gasteiger partial charge >= 0.3 is 25.6 Å². The van der Waals surface area contributed by atoms with Gasteiger partial charge in [-0.25, -0.2) is 14.4 Å². The quantitative estimate of drug-likeness (QED) is 0.0611. The van der Waals surface area contributed by atoms with E-state index in [0.29, 0.717) is 38.6 Å². The number of carbonyl (C=O) groups excluding carboxylic acids is 5. The van der Waals surface area contributed by atoms with Gasteiger partial charge in [-0.15, -0.1) is 0 Å². The minimum absolute atomic E-state index is 0.0705. The molecule has 3 rings (SSSR count). The molecule has 0 spiro atoms. The summed E-state index contributed by atoms with van der Waals surface area (Å²) in [5, 5.41) is 11.0. The molecule has 1 saturated heterocycles. The monoisotopic (exact) mass is 694 g/mol. The van der Waals surface area contributed by atoms with Gasteiger partial charge in [0.2, 0.25) is 11.8 Å². The van der Waals surface area contributed by atoms with Gasteiger partial charge in [0.25, 0.3) is 0 Å². The van der Waals surface area contributed by atoms with Crippen LogP contribution in [-0.4, -0.2) is 71.8 Å². The van der Waals surface area contributed by atoms with Gasteiger partial charge in [-0.2, -0.15) is 0 Å². The Morgan fingerprint density at radius 2 is 1.71 bits per heavy atom. The molecule has 0 bridgehead atoms. The van der Waals surface area contributed by atoms with Crippen LogP contribution in [0.4, 0.5) is 4.79 Å². The largest absolute Gasteiger partial charge is 0.445 e. The Morgan fingerprint density at radius 1 is 0.979 bits per heavy atom. The lowest BCUT2D eigenvalue weighted by molar-refractivity contribution is -0.165. The van der Waals surface area contributed by atoms with Crippen LogP contribution < -0.4 is 21.3 Å². The third-order valence-electron chi connectivity index (χ3n) is 8.48. The third-order valence-corrected chi connectivity index (χ3v) is 10.3. The number of hydrogen-bond acceptors (Lipinski definition) is 10. The number of benzene rings is 1. The molecule has 0 radical (unpaired) electrons. The minimum atomic E-state index is -4.67. The molecule has 4 unspecified atom stereocenters. The van der Waals surface area contributed by atoms with Crippen molar-refractivity contribution in [1.82, 2.24) is 21.3 Å². The van der Waals surface area contributed by atoms with Gasteiger partial charge < -0.3 is 35.6 Å². The molecule has 5 atom stereocenters. The van der Waals surface area contributed by atoms with E-state index >= 15 is 0 Å². The number of nitrogens with one attached hydrogen (secondary N) is 4. The zero-order valence-corrected chi connectivity index (χ0v) is 28.8. The minimum Gasteiger partial charge on any atom is -0.445 e. The van der Waals surface area contributed by atoms with E-state index in [9.17, 15) is 33.4 Å². The SMILES string of the molecule is CCCCC(NC(=O)C(CCCCNC(=O)OCc1ccccc1)NC(=O)C1CCCC1)P(=O)(O)OC(C)C(=O)OC(=O)[C@@H]1CCCN1. The summed E-state index contributed by atoms with van der Waals surface area (Å²) in [6.45, 7) is 4.12. The van der Waals surface area contributed by atoms with Crippen LogP contribution in [0.25, 0.3) is 0 Å².